The lowest BCUT2D eigenvalue weighted by atomic mass is 10.1. The third-order valence-electron chi connectivity index (χ3n) is 4.77. The van der Waals surface area contributed by atoms with Crippen LogP contribution in [0.15, 0.2) is 47.3 Å². The molecule has 1 amide bonds. The highest BCUT2D eigenvalue weighted by Crippen LogP contribution is 2.30. The minimum Gasteiger partial charge on any atom is -0.463 e. The largest absolute Gasteiger partial charge is 0.463 e. The van der Waals surface area contributed by atoms with E-state index in [1.807, 2.05) is 25.1 Å². The van der Waals surface area contributed by atoms with Gasteiger partial charge in [-0.05, 0) is 13.0 Å². The molecular formula is C18H19N3O4S. The number of amides is 1. The van der Waals surface area contributed by atoms with Gasteiger partial charge in [-0.2, -0.15) is 5.10 Å². The quantitative estimate of drug-likeness (QED) is 0.703. The smallest absolute Gasteiger partial charge is 0.258 e. The summed E-state index contributed by atoms with van der Waals surface area (Å²) >= 11 is 0. The molecule has 0 bridgehead atoms. The Balaban J connectivity index is 1.73. The third-order valence-corrected chi connectivity index (χ3v) is 6.39. The van der Waals surface area contributed by atoms with Gasteiger partial charge in [0.1, 0.15) is 11.8 Å². The lowest BCUT2D eigenvalue weighted by molar-refractivity contribution is 0.0698. The van der Waals surface area contributed by atoms with E-state index in [0.717, 1.165) is 10.9 Å². The molecule has 8 heteroatoms. The van der Waals surface area contributed by atoms with Crippen molar-refractivity contribution in [3.63, 3.8) is 0 Å². The number of aromatic nitrogens is 2. The molecule has 7 nitrogen and oxygen atoms in total. The Morgan fingerprint density at radius 2 is 2.15 bits per heavy atom. The van der Waals surface area contributed by atoms with Crippen molar-refractivity contribution in [1.82, 2.24) is 14.7 Å². The van der Waals surface area contributed by atoms with Crippen LogP contribution < -0.4 is 0 Å². The van der Waals surface area contributed by atoms with Crippen molar-refractivity contribution in [3.05, 3.63) is 54.0 Å². The summed E-state index contributed by atoms with van der Waals surface area (Å²) in [6.45, 7) is 2.79. The zero-order valence-electron chi connectivity index (χ0n) is 14.3. The summed E-state index contributed by atoms with van der Waals surface area (Å²) < 4.78 is 31.6. The van der Waals surface area contributed by atoms with Crippen LogP contribution in [0.4, 0.5) is 0 Å². The van der Waals surface area contributed by atoms with Gasteiger partial charge in [0.15, 0.2) is 9.84 Å². The number of benzene rings is 1. The van der Waals surface area contributed by atoms with Gasteiger partial charge in [-0.15, -0.1) is 0 Å². The molecule has 1 fully saturated rings. The number of nitrogens with zero attached hydrogens (tertiary/aromatic N) is 3. The first-order valence-corrected chi connectivity index (χ1v) is 10.3. The summed E-state index contributed by atoms with van der Waals surface area (Å²) in [5.74, 6) is -0.351. The van der Waals surface area contributed by atoms with Gasteiger partial charge in [0, 0.05) is 30.2 Å². The van der Waals surface area contributed by atoms with Crippen molar-refractivity contribution in [2.75, 3.05) is 18.1 Å². The lowest BCUT2D eigenvalue weighted by Gasteiger charge is -2.34. The molecule has 0 saturated carbocycles. The number of hydrogen-bond donors (Lipinski definition) is 0. The zero-order chi connectivity index (χ0) is 18.3. The number of fused-ring (bicyclic) bond motifs is 1. The molecule has 1 aliphatic heterocycles. The van der Waals surface area contributed by atoms with Crippen LogP contribution in [0, 0.1) is 0 Å². The molecule has 3 aromatic rings. The van der Waals surface area contributed by atoms with Crippen molar-refractivity contribution >= 4 is 26.7 Å². The summed E-state index contributed by atoms with van der Waals surface area (Å²) in [6.07, 6.45) is 4.89. The summed E-state index contributed by atoms with van der Waals surface area (Å²) in [6, 6.07) is 6.77. The predicted molar refractivity (Wildman–Crippen MR) is 96.5 cm³/mol. The van der Waals surface area contributed by atoms with E-state index < -0.39 is 15.9 Å². The Hall–Kier alpha value is -2.61. The van der Waals surface area contributed by atoms with E-state index in [-0.39, 0.29) is 24.0 Å². The molecule has 0 aliphatic carbocycles. The standard InChI is InChI=1S/C18H19N3O4S/c1-2-20-10-13(9-19-20)16-12-26(23,24)8-7-21(16)18(22)15-11-25-17-6-4-3-5-14(15)17/h3-6,9-11,16H,2,7-8,12H2,1H3. The van der Waals surface area contributed by atoms with Crippen LogP contribution >= 0.6 is 0 Å². The van der Waals surface area contributed by atoms with E-state index in [1.165, 1.54) is 6.26 Å². The van der Waals surface area contributed by atoms with Crippen molar-refractivity contribution in [2.24, 2.45) is 0 Å². The second kappa shape index (κ2) is 6.28. The van der Waals surface area contributed by atoms with Crippen molar-refractivity contribution in [1.29, 1.82) is 0 Å². The molecule has 26 heavy (non-hydrogen) atoms. The summed E-state index contributed by atoms with van der Waals surface area (Å²) in [5, 5.41) is 4.96. The molecule has 0 spiro atoms. The van der Waals surface area contributed by atoms with Crippen LogP contribution in [0.5, 0.6) is 0 Å². The van der Waals surface area contributed by atoms with Crippen LogP contribution in [0.2, 0.25) is 0 Å². The molecule has 4 rings (SSSR count). The number of hydrogen-bond acceptors (Lipinski definition) is 5. The van der Waals surface area contributed by atoms with Crippen LogP contribution in [0.1, 0.15) is 28.9 Å². The van der Waals surface area contributed by atoms with Gasteiger partial charge in [-0.3, -0.25) is 9.48 Å². The lowest BCUT2D eigenvalue weighted by Crippen LogP contribution is -2.46. The van der Waals surface area contributed by atoms with Crippen molar-refractivity contribution in [3.8, 4) is 0 Å². The van der Waals surface area contributed by atoms with Gasteiger partial charge in [-0.1, -0.05) is 18.2 Å². The fraction of sp³-hybridized carbons (Fsp3) is 0.333. The topological polar surface area (TPSA) is 85.4 Å². The van der Waals surface area contributed by atoms with Crippen molar-refractivity contribution < 1.29 is 17.6 Å². The number of aryl methyl sites for hydroxylation is 1. The van der Waals surface area contributed by atoms with E-state index >= 15 is 0 Å². The molecule has 0 radical (unpaired) electrons. The van der Waals surface area contributed by atoms with Crippen LogP contribution in [-0.2, 0) is 16.4 Å². The first-order chi connectivity index (χ1) is 12.5. The molecule has 136 valence electrons. The highest BCUT2D eigenvalue weighted by Gasteiger charge is 2.37. The Morgan fingerprint density at radius 3 is 2.92 bits per heavy atom. The van der Waals surface area contributed by atoms with Crippen molar-refractivity contribution in [2.45, 2.75) is 19.5 Å². The Bertz CT molecular complexity index is 1070. The van der Waals surface area contributed by atoms with Gasteiger partial charge < -0.3 is 9.32 Å². The summed E-state index contributed by atoms with van der Waals surface area (Å²) in [4.78, 5) is 14.8. The molecule has 3 heterocycles. The van der Waals surface area contributed by atoms with E-state index in [9.17, 15) is 13.2 Å². The average molecular weight is 373 g/mol. The molecule has 1 saturated heterocycles. The van der Waals surface area contributed by atoms with Crippen LogP contribution in [0.3, 0.4) is 0 Å². The molecule has 1 aromatic carbocycles. The van der Waals surface area contributed by atoms with Gasteiger partial charge in [-0.25, -0.2) is 8.42 Å². The SMILES string of the molecule is CCn1cc(C2CS(=O)(=O)CCN2C(=O)c2coc3ccccc23)cn1. The maximum atomic E-state index is 13.2. The second-order valence-corrected chi connectivity index (χ2v) is 8.63. The Morgan fingerprint density at radius 1 is 1.35 bits per heavy atom. The van der Waals surface area contributed by atoms with E-state index in [4.69, 9.17) is 4.42 Å². The molecular weight excluding hydrogens is 354 g/mol. The summed E-state index contributed by atoms with van der Waals surface area (Å²) in [7, 11) is -3.21. The second-order valence-electron chi connectivity index (χ2n) is 6.40. The zero-order valence-corrected chi connectivity index (χ0v) is 15.1. The number of rotatable bonds is 3. The Labute approximate surface area is 151 Å². The van der Waals surface area contributed by atoms with Gasteiger partial charge >= 0.3 is 0 Å². The van der Waals surface area contributed by atoms with E-state index in [2.05, 4.69) is 5.10 Å². The number of carbonyl (C=O) groups excluding carboxylic acids is 1. The predicted octanol–water partition coefficient (Wildman–Crippen LogP) is 2.26. The number of para-hydroxylation sites is 1. The molecule has 1 aliphatic rings. The molecule has 0 N–H and O–H groups in total. The molecule has 1 unspecified atom stereocenters. The van der Waals surface area contributed by atoms with E-state index in [0.29, 0.717) is 17.7 Å². The average Bonchev–Trinajstić information content (AvgIpc) is 3.27. The van der Waals surface area contributed by atoms with Crippen LogP contribution in [-0.4, -0.2) is 47.1 Å². The maximum Gasteiger partial charge on any atom is 0.258 e. The van der Waals surface area contributed by atoms with Gasteiger partial charge in [0.2, 0.25) is 0 Å². The number of furan rings is 1. The highest BCUT2D eigenvalue weighted by atomic mass is 32.2. The number of sulfone groups is 1. The van der Waals surface area contributed by atoms with Crippen LogP contribution in [0.25, 0.3) is 11.0 Å². The number of carbonyl (C=O) groups is 1. The minimum atomic E-state index is -3.21. The minimum absolute atomic E-state index is 0.0348. The first-order valence-electron chi connectivity index (χ1n) is 8.48. The highest BCUT2D eigenvalue weighted by molar-refractivity contribution is 7.91. The van der Waals surface area contributed by atoms with Gasteiger partial charge in [0.05, 0.1) is 29.3 Å². The third kappa shape index (κ3) is 2.90. The summed E-state index contributed by atoms with van der Waals surface area (Å²) in [5.41, 5.74) is 1.82. The van der Waals surface area contributed by atoms with E-state index in [1.54, 1.807) is 28.0 Å². The molecule has 1 atom stereocenters. The fourth-order valence-corrected chi connectivity index (χ4v) is 4.84. The monoisotopic (exact) mass is 373 g/mol. The van der Waals surface area contributed by atoms with Gasteiger partial charge in [0.25, 0.3) is 5.91 Å². The first kappa shape index (κ1) is 16.8. The fourth-order valence-electron chi connectivity index (χ4n) is 3.35. The maximum absolute atomic E-state index is 13.2. The normalized spacial score (nSPS) is 19.7. The molecule has 2 aromatic heterocycles. The Kier molecular flexibility index (Phi) is 4.07.